The monoisotopic (exact) mass is 683 g/mol. The van der Waals surface area contributed by atoms with Crippen LogP contribution in [-0.4, -0.2) is 14.5 Å². The van der Waals surface area contributed by atoms with Crippen LogP contribution in [0.4, 0.5) is 0 Å². The molecule has 2 heterocycles. The summed E-state index contributed by atoms with van der Waals surface area (Å²) in [5.41, 5.74) is 18.3. The summed E-state index contributed by atoms with van der Waals surface area (Å²) in [5, 5.41) is 4.84. The molecule has 2 aromatic heterocycles. The average molecular weight is 684 g/mol. The number of rotatable bonds is 3. The van der Waals surface area contributed by atoms with E-state index in [2.05, 4.69) is 160 Å². The Labute approximate surface area is 310 Å². The third kappa shape index (κ3) is 4.22. The normalized spacial score (nSPS) is 17.4. The van der Waals surface area contributed by atoms with Crippen molar-refractivity contribution in [3.05, 3.63) is 159 Å². The Morgan fingerprint density at radius 1 is 0.604 bits per heavy atom. The average Bonchev–Trinajstić information content (AvgIpc) is 3.74. The molecule has 0 fully saturated rings. The lowest BCUT2D eigenvalue weighted by atomic mass is 9.78. The summed E-state index contributed by atoms with van der Waals surface area (Å²) in [7, 11) is 0. The molecule has 4 aliphatic rings. The van der Waals surface area contributed by atoms with E-state index in [0.717, 1.165) is 53.8 Å². The van der Waals surface area contributed by atoms with Crippen LogP contribution in [0.5, 0.6) is 0 Å². The van der Waals surface area contributed by atoms with Crippen molar-refractivity contribution in [3.63, 3.8) is 0 Å². The van der Waals surface area contributed by atoms with Crippen molar-refractivity contribution in [3.8, 4) is 28.2 Å². The SMILES string of the molecule is CC1(C)C2=C(CCC(c3nc(-c4ccc(-n5c6ccccc6c6ccc7c(c65)C(C)(C)c5ccccc5-7)cc4)nc4c3=CCCC=4)=C2)c2ccccc21. The Balaban J connectivity index is 1.06. The molecular weight excluding hydrogens is 643 g/mol. The van der Waals surface area contributed by atoms with Crippen molar-refractivity contribution in [2.45, 2.75) is 64.2 Å². The largest absolute Gasteiger partial charge is 0.309 e. The highest BCUT2D eigenvalue weighted by Gasteiger charge is 2.39. The van der Waals surface area contributed by atoms with Gasteiger partial charge in [-0.15, -0.1) is 0 Å². The number of nitrogens with zero attached hydrogens (tertiary/aromatic N) is 3. The number of fused-ring (bicyclic) bond motifs is 10. The number of aromatic nitrogens is 3. The summed E-state index contributed by atoms with van der Waals surface area (Å²) in [6, 6.07) is 40.4. The van der Waals surface area contributed by atoms with Gasteiger partial charge in [-0.1, -0.05) is 125 Å². The molecule has 0 atom stereocenters. The van der Waals surface area contributed by atoms with Crippen LogP contribution in [0.25, 0.3) is 73.3 Å². The van der Waals surface area contributed by atoms with Gasteiger partial charge in [-0.05, 0) is 106 Å². The van der Waals surface area contributed by atoms with Crippen LogP contribution in [-0.2, 0) is 10.8 Å². The van der Waals surface area contributed by atoms with E-state index < -0.39 is 0 Å². The molecule has 3 heteroatoms. The smallest absolute Gasteiger partial charge is 0.160 e. The van der Waals surface area contributed by atoms with Crippen molar-refractivity contribution in [1.29, 1.82) is 0 Å². The molecule has 0 unspecified atom stereocenters. The minimum Gasteiger partial charge on any atom is -0.309 e. The quantitative estimate of drug-likeness (QED) is 0.186. The second-order valence-corrected chi connectivity index (χ2v) is 16.4. The van der Waals surface area contributed by atoms with Gasteiger partial charge in [-0.2, -0.15) is 0 Å². The van der Waals surface area contributed by atoms with Gasteiger partial charge in [0.1, 0.15) is 0 Å². The molecule has 0 spiro atoms. The van der Waals surface area contributed by atoms with Crippen molar-refractivity contribution in [2.24, 2.45) is 0 Å². The van der Waals surface area contributed by atoms with Crippen molar-refractivity contribution >= 4 is 45.1 Å². The highest BCUT2D eigenvalue weighted by Crippen LogP contribution is 2.53. The first-order chi connectivity index (χ1) is 25.8. The summed E-state index contributed by atoms with van der Waals surface area (Å²) in [6.07, 6.45) is 11.2. The molecule has 0 saturated heterocycles. The molecule has 53 heavy (non-hydrogen) atoms. The fraction of sp³-hybridized carbons (Fsp3) is 0.200. The van der Waals surface area contributed by atoms with E-state index in [-0.39, 0.29) is 10.8 Å². The van der Waals surface area contributed by atoms with E-state index in [1.165, 1.54) is 77.1 Å². The predicted molar refractivity (Wildman–Crippen MR) is 220 cm³/mol. The van der Waals surface area contributed by atoms with Crippen LogP contribution in [0.15, 0.2) is 121 Å². The molecular formula is C50H41N3. The molecule has 0 aliphatic heterocycles. The first-order valence-electron chi connectivity index (χ1n) is 19.2. The van der Waals surface area contributed by atoms with E-state index >= 15 is 0 Å². The van der Waals surface area contributed by atoms with Crippen LogP contribution in [0.3, 0.4) is 0 Å². The third-order valence-corrected chi connectivity index (χ3v) is 12.8. The zero-order valence-electron chi connectivity index (χ0n) is 30.8. The molecule has 7 aromatic rings. The lowest BCUT2D eigenvalue weighted by Gasteiger charge is -2.26. The van der Waals surface area contributed by atoms with Gasteiger partial charge in [0.2, 0.25) is 0 Å². The van der Waals surface area contributed by atoms with E-state index in [0.29, 0.717) is 0 Å². The van der Waals surface area contributed by atoms with Gasteiger partial charge < -0.3 is 4.57 Å². The molecule has 256 valence electrons. The van der Waals surface area contributed by atoms with Gasteiger partial charge in [-0.3, -0.25) is 0 Å². The van der Waals surface area contributed by atoms with Crippen LogP contribution in [0.2, 0.25) is 0 Å². The Morgan fingerprint density at radius 3 is 2.15 bits per heavy atom. The number of para-hydroxylation sites is 1. The van der Waals surface area contributed by atoms with E-state index in [4.69, 9.17) is 9.97 Å². The molecule has 0 radical (unpaired) electrons. The first-order valence-corrected chi connectivity index (χ1v) is 19.2. The van der Waals surface area contributed by atoms with Crippen molar-refractivity contribution in [2.75, 3.05) is 0 Å². The summed E-state index contributed by atoms with van der Waals surface area (Å²) >= 11 is 0. The Bertz CT molecular complexity index is 2930. The molecule has 0 N–H and O–H groups in total. The zero-order valence-corrected chi connectivity index (χ0v) is 30.8. The maximum atomic E-state index is 5.41. The number of allylic oxidation sites excluding steroid dienone is 4. The predicted octanol–water partition coefficient (Wildman–Crippen LogP) is 10.8. The topological polar surface area (TPSA) is 30.7 Å². The lowest BCUT2D eigenvalue weighted by Crippen LogP contribution is -2.35. The molecule has 11 rings (SSSR count). The summed E-state index contributed by atoms with van der Waals surface area (Å²) < 4.78 is 2.49. The van der Waals surface area contributed by atoms with Gasteiger partial charge in [0.25, 0.3) is 0 Å². The zero-order chi connectivity index (χ0) is 35.6. The van der Waals surface area contributed by atoms with Crippen molar-refractivity contribution < 1.29 is 0 Å². The fourth-order valence-corrected chi connectivity index (χ4v) is 10.2. The van der Waals surface area contributed by atoms with Crippen LogP contribution >= 0.6 is 0 Å². The highest BCUT2D eigenvalue weighted by atomic mass is 15.0. The Hall–Kier alpha value is -5.80. The molecule has 4 aliphatic carbocycles. The van der Waals surface area contributed by atoms with Gasteiger partial charge in [-0.25, -0.2) is 9.97 Å². The van der Waals surface area contributed by atoms with Gasteiger partial charge in [0.05, 0.1) is 22.1 Å². The third-order valence-electron chi connectivity index (χ3n) is 12.8. The van der Waals surface area contributed by atoms with Crippen molar-refractivity contribution in [1.82, 2.24) is 14.5 Å². The van der Waals surface area contributed by atoms with E-state index in [1.54, 1.807) is 0 Å². The summed E-state index contributed by atoms with van der Waals surface area (Å²) in [4.78, 5) is 10.6. The highest BCUT2D eigenvalue weighted by molar-refractivity contribution is 6.13. The summed E-state index contributed by atoms with van der Waals surface area (Å²) in [5.74, 6) is 0.797. The number of benzene rings is 5. The summed E-state index contributed by atoms with van der Waals surface area (Å²) in [6.45, 7) is 9.52. The maximum absolute atomic E-state index is 5.41. The standard InChI is InChI=1S/C50H41N3/c1-49(2)40-17-9-5-13-33(40)35-26-23-31(29-42(35)49)46-39-16-7-11-19-43(39)51-48(52-46)30-21-24-32(25-22-30)53-44-20-12-8-15-36(44)38-28-27-37-34-14-6-10-18-41(34)50(3,4)45(37)47(38)53/h5-6,8-10,12-22,24-25,27-29H,7,11,23,26H2,1-4H3. The molecule has 0 amide bonds. The molecule has 5 aromatic carbocycles. The van der Waals surface area contributed by atoms with Gasteiger partial charge >= 0.3 is 0 Å². The number of hydrogen-bond acceptors (Lipinski definition) is 2. The molecule has 3 nitrogen and oxygen atoms in total. The van der Waals surface area contributed by atoms with Crippen LogP contribution < -0.4 is 10.6 Å². The minimum absolute atomic E-state index is 0.0237. The van der Waals surface area contributed by atoms with Crippen LogP contribution in [0.1, 0.15) is 81.3 Å². The Morgan fingerprint density at radius 2 is 1.32 bits per heavy atom. The second kappa shape index (κ2) is 10.9. The maximum Gasteiger partial charge on any atom is 0.160 e. The minimum atomic E-state index is -0.125. The van der Waals surface area contributed by atoms with Crippen LogP contribution in [0, 0.1) is 0 Å². The first kappa shape index (κ1) is 30.8. The Kier molecular flexibility index (Phi) is 6.31. The molecule has 0 bridgehead atoms. The lowest BCUT2D eigenvalue weighted by molar-refractivity contribution is 0.652. The van der Waals surface area contributed by atoms with E-state index in [1.807, 2.05) is 0 Å². The number of hydrogen-bond donors (Lipinski definition) is 0. The second-order valence-electron chi connectivity index (χ2n) is 16.4. The van der Waals surface area contributed by atoms with E-state index in [9.17, 15) is 0 Å². The van der Waals surface area contributed by atoms with Gasteiger partial charge in [0.15, 0.2) is 5.82 Å². The van der Waals surface area contributed by atoms with Gasteiger partial charge in [0, 0.05) is 38.1 Å². The fourth-order valence-electron chi connectivity index (χ4n) is 10.2. The molecule has 0 saturated carbocycles.